The van der Waals surface area contributed by atoms with Crippen LogP contribution in [0.5, 0.6) is 0 Å². The first-order valence-corrected chi connectivity index (χ1v) is 8.38. The Morgan fingerprint density at radius 1 is 1.53 bits per heavy atom. The molecule has 0 aliphatic heterocycles. The summed E-state index contributed by atoms with van der Waals surface area (Å²) in [7, 11) is 1.72. The van der Waals surface area contributed by atoms with Crippen LogP contribution in [0.3, 0.4) is 0 Å². The van der Waals surface area contributed by atoms with Gasteiger partial charge in [0.1, 0.15) is 5.54 Å². The predicted octanol–water partition coefficient (Wildman–Crippen LogP) is 2.38. The number of carboxylic acid groups (broad SMARTS) is 1. The summed E-state index contributed by atoms with van der Waals surface area (Å²) >= 11 is 1.91. The Kier molecular flexibility index (Phi) is 7.80. The van der Waals surface area contributed by atoms with Crippen molar-refractivity contribution in [3.63, 3.8) is 0 Å². The van der Waals surface area contributed by atoms with Crippen LogP contribution in [-0.4, -0.2) is 48.4 Å². The minimum atomic E-state index is -0.666. The highest BCUT2D eigenvalue weighted by Crippen LogP contribution is 2.38. The zero-order valence-electron chi connectivity index (χ0n) is 12.1. The van der Waals surface area contributed by atoms with Gasteiger partial charge in [-0.25, -0.2) is 0 Å². The van der Waals surface area contributed by atoms with E-state index in [1.165, 1.54) is 0 Å². The fourth-order valence-corrected chi connectivity index (χ4v) is 3.98. The molecule has 0 aromatic carbocycles. The first kappa shape index (κ1) is 16.8. The van der Waals surface area contributed by atoms with Gasteiger partial charge in [-0.3, -0.25) is 4.79 Å². The average molecular weight is 289 g/mol. The average Bonchev–Trinajstić information content (AvgIpc) is 2.78. The van der Waals surface area contributed by atoms with Crippen molar-refractivity contribution in [3.8, 4) is 0 Å². The van der Waals surface area contributed by atoms with Gasteiger partial charge < -0.3 is 15.2 Å². The molecule has 1 saturated carbocycles. The third-order valence-electron chi connectivity index (χ3n) is 3.94. The van der Waals surface area contributed by atoms with Crippen molar-refractivity contribution >= 4 is 17.7 Å². The maximum Gasteiger partial charge on any atom is 0.324 e. The zero-order valence-corrected chi connectivity index (χ0v) is 12.9. The number of nitrogens with one attached hydrogen (secondary N) is 1. The molecule has 0 amide bonds. The van der Waals surface area contributed by atoms with Gasteiger partial charge in [-0.15, -0.1) is 0 Å². The van der Waals surface area contributed by atoms with E-state index in [0.29, 0.717) is 0 Å². The Hall–Kier alpha value is -0.260. The maximum absolute atomic E-state index is 11.6. The lowest BCUT2D eigenvalue weighted by Crippen LogP contribution is -2.54. The molecule has 1 rings (SSSR count). The van der Waals surface area contributed by atoms with E-state index in [2.05, 4.69) is 5.32 Å². The smallest absolute Gasteiger partial charge is 0.324 e. The summed E-state index contributed by atoms with van der Waals surface area (Å²) < 4.78 is 5.02. The Morgan fingerprint density at radius 2 is 2.32 bits per heavy atom. The maximum atomic E-state index is 11.6. The van der Waals surface area contributed by atoms with Crippen molar-refractivity contribution in [2.45, 2.75) is 44.6 Å². The highest BCUT2D eigenvalue weighted by atomic mass is 32.2. The fraction of sp³-hybridized carbons (Fsp3) is 0.929. The molecule has 1 fully saturated rings. The van der Waals surface area contributed by atoms with Crippen molar-refractivity contribution < 1.29 is 14.6 Å². The molecule has 0 spiro atoms. The summed E-state index contributed by atoms with van der Waals surface area (Å²) in [6, 6.07) is 0. The molecule has 1 aliphatic carbocycles. The lowest BCUT2D eigenvalue weighted by Gasteiger charge is -2.32. The van der Waals surface area contributed by atoms with Gasteiger partial charge in [-0.1, -0.05) is 13.3 Å². The quantitative estimate of drug-likeness (QED) is 0.605. The van der Waals surface area contributed by atoms with Crippen LogP contribution in [-0.2, 0) is 9.53 Å². The standard InChI is InChI=1S/C14H27NO3S/c1-3-15-14(13(16)17)8-4-6-12(14)7-11-19-10-5-9-18-2/h12,15H,3-11H2,1-2H3,(H,16,17). The van der Waals surface area contributed by atoms with Gasteiger partial charge in [0.2, 0.25) is 0 Å². The highest BCUT2D eigenvalue weighted by molar-refractivity contribution is 7.99. The van der Waals surface area contributed by atoms with Crippen LogP contribution >= 0.6 is 11.8 Å². The van der Waals surface area contributed by atoms with Gasteiger partial charge >= 0.3 is 5.97 Å². The van der Waals surface area contributed by atoms with Gasteiger partial charge in [0, 0.05) is 13.7 Å². The minimum Gasteiger partial charge on any atom is -0.480 e. The third kappa shape index (κ3) is 4.65. The van der Waals surface area contributed by atoms with E-state index in [-0.39, 0.29) is 5.92 Å². The van der Waals surface area contributed by atoms with E-state index in [4.69, 9.17) is 4.74 Å². The molecule has 2 unspecified atom stereocenters. The molecular weight excluding hydrogens is 262 g/mol. The number of methoxy groups -OCH3 is 1. The summed E-state index contributed by atoms with van der Waals surface area (Å²) in [5.74, 6) is 1.76. The van der Waals surface area contributed by atoms with Crippen LogP contribution in [0, 0.1) is 5.92 Å². The van der Waals surface area contributed by atoms with Crippen molar-refractivity contribution in [3.05, 3.63) is 0 Å². The van der Waals surface area contributed by atoms with E-state index >= 15 is 0 Å². The molecule has 1 aliphatic rings. The summed E-state index contributed by atoms with van der Waals surface area (Å²) in [4.78, 5) is 11.6. The number of rotatable bonds is 10. The molecule has 2 atom stereocenters. The zero-order chi connectivity index (χ0) is 14.1. The molecule has 0 radical (unpaired) electrons. The largest absolute Gasteiger partial charge is 0.480 e. The summed E-state index contributed by atoms with van der Waals surface area (Å²) in [5, 5.41) is 12.8. The lowest BCUT2D eigenvalue weighted by atomic mass is 9.85. The Morgan fingerprint density at radius 3 is 2.95 bits per heavy atom. The van der Waals surface area contributed by atoms with Crippen LogP contribution in [0.25, 0.3) is 0 Å². The number of carboxylic acids is 1. The van der Waals surface area contributed by atoms with Gasteiger partial charge in [0.15, 0.2) is 0 Å². The first-order chi connectivity index (χ1) is 9.17. The van der Waals surface area contributed by atoms with Crippen LogP contribution in [0.15, 0.2) is 0 Å². The molecule has 0 aromatic rings. The highest BCUT2D eigenvalue weighted by Gasteiger charge is 2.47. The van der Waals surface area contributed by atoms with Crippen LogP contribution in [0.1, 0.15) is 39.0 Å². The number of aliphatic carboxylic acids is 1. The molecule has 0 heterocycles. The number of hydrogen-bond acceptors (Lipinski definition) is 4. The Balaban J connectivity index is 2.36. The molecule has 0 aromatic heterocycles. The van der Waals surface area contributed by atoms with E-state index in [0.717, 1.165) is 56.8 Å². The van der Waals surface area contributed by atoms with E-state index in [1.54, 1.807) is 7.11 Å². The van der Waals surface area contributed by atoms with Crippen molar-refractivity contribution in [2.24, 2.45) is 5.92 Å². The Bertz CT molecular complexity index is 275. The SMILES string of the molecule is CCNC1(C(=O)O)CCCC1CCSCCCOC. The van der Waals surface area contributed by atoms with Gasteiger partial charge in [-0.2, -0.15) is 11.8 Å². The van der Waals surface area contributed by atoms with E-state index in [9.17, 15) is 9.90 Å². The van der Waals surface area contributed by atoms with Crippen molar-refractivity contribution in [1.29, 1.82) is 0 Å². The number of likely N-dealkylation sites (N-methyl/N-ethyl adjacent to an activating group) is 1. The molecule has 0 bridgehead atoms. The second kappa shape index (κ2) is 8.82. The van der Waals surface area contributed by atoms with Gasteiger partial charge in [-0.05, 0) is 49.7 Å². The monoisotopic (exact) mass is 289 g/mol. The van der Waals surface area contributed by atoms with Crippen molar-refractivity contribution in [2.75, 3.05) is 31.8 Å². The lowest BCUT2D eigenvalue weighted by molar-refractivity contribution is -0.146. The molecule has 5 heteroatoms. The summed E-state index contributed by atoms with van der Waals surface area (Å²) in [6.45, 7) is 3.52. The Labute approximate surface area is 120 Å². The summed E-state index contributed by atoms with van der Waals surface area (Å²) in [5.41, 5.74) is -0.665. The van der Waals surface area contributed by atoms with Crippen molar-refractivity contribution in [1.82, 2.24) is 5.32 Å². The van der Waals surface area contributed by atoms with Crippen LogP contribution in [0.4, 0.5) is 0 Å². The second-order valence-corrected chi connectivity index (χ2v) is 6.37. The second-order valence-electron chi connectivity index (χ2n) is 5.14. The fourth-order valence-electron chi connectivity index (χ4n) is 3.01. The molecule has 2 N–H and O–H groups in total. The van der Waals surface area contributed by atoms with E-state index < -0.39 is 11.5 Å². The van der Waals surface area contributed by atoms with Gasteiger partial charge in [0.25, 0.3) is 0 Å². The molecule has 0 saturated heterocycles. The number of carbonyl (C=O) groups is 1. The van der Waals surface area contributed by atoms with E-state index in [1.807, 2.05) is 18.7 Å². The topological polar surface area (TPSA) is 58.6 Å². The molecule has 112 valence electrons. The normalized spacial score (nSPS) is 26.7. The van der Waals surface area contributed by atoms with Gasteiger partial charge in [0.05, 0.1) is 0 Å². The summed E-state index contributed by atoms with van der Waals surface area (Å²) in [6.07, 6.45) is 4.91. The predicted molar refractivity (Wildman–Crippen MR) is 79.8 cm³/mol. The van der Waals surface area contributed by atoms with Crippen LogP contribution < -0.4 is 5.32 Å². The number of thioether (sulfide) groups is 1. The minimum absolute atomic E-state index is 0.278. The molecule has 19 heavy (non-hydrogen) atoms. The van der Waals surface area contributed by atoms with Crippen LogP contribution in [0.2, 0.25) is 0 Å². The third-order valence-corrected chi connectivity index (χ3v) is 5.04. The molecular formula is C14H27NO3S. The number of ether oxygens (including phenoxy) is 1. The molecule has 4 nitrogen and oxygen atoms in total. The first-order valence-electron chi connectivity index (χ1n) is 7.22. The number of hydrogen-bond donors (Lipinski definition) is 2.